The van der Waals surface area contributed by atoms with Crippen molar-refractivity contribution in [3.8, 4) is 0 Å². The van der Waals surface area contributed by atoms with Crippen LogP contribution in [0.15, 0.2) is 30.3 Å². The zero-order valence-corrected chi connectivity index (χ0v) is 10.2. The van der Waals surface area contributed by atoms with Crippen LogP contribution in [0.4, 0.5) is 8.78 Å². The van der Waals surface area contributed by atoms with Gasteiger partial charge in [0, 0.05) is 17.0 Å². The molecule has 0 unspecified atom stereocenters. The number of hydrogen-bond acceptors (Lipinski definition) is 1. The third kappa shape index (κ3) is 3.72. The lowest BCUT2D eigenvalue weighted by atomic mass is 10.1. The molecule has 1 nitrogen and oxygen atoms in total. The number of benzene rings is 1. The topological polar surface area (TPSA) is 12.0 Å². The molecular formula is C12H16ClF2N. The van der Waals surface area contributed by atoms with Gasteiger partial charge in [0.2, 0.25) is 0 Å². The number of rotatable bonds is 5. The second-order valence-corrected chi connectivity index (χ2v) is 4.71. The monoisotopic (exact) mass is 247 g/mol. The van der Waals surface area contributed by atoms with Crippen molar-refractivity contribution < 1.29 is 8.78 Å². The zero-order valence-electron chi connectivity index (χ0n) is 9.43. The second-order valence-electron chi connectivity index (χ2n) is 4.44. The highest BCUT2D eigenvalue weighted by Crippen LogP contribution is 2.27. The maximum atomic E-state index is 13.7. The zero-order chi connectivity index (χ0) is 12.2. The maximum absolute atomic E-state index is 13.7. The lowest BCUT2D eigenvalue weighted by Gasteiger charge is -2.27. The fraction of sp³-hybridized carbons (Fsp3) is 0.500. The quantitative estimate of drug-likeness (QED) is 0.787. The first-order chi connectivity index (χ1) is 7.37. The molecule has 0 atom stereocenters. The molecule has 0 spiro atoms. The lowest BCUT2D eigenvalue weighted by molar-refractivity contribution is -0.00843. The van der Waals surface area contributed by atoms with Gasteiger partial charge in [-0.1, -0.05) is 30.3 Å². The van der Waals surface area contributed by atoms with Crippen LogP contribution >= 0.6 is 11.6 Å². The Morgan fingerprint density at radius 1 is 1.19 bits per heavy atom. The molecule has 0 saturated carbocycles. The average Bonchev–Trinajstić information content (AvgIpc) is 2.28. The summed E-state index contributed by atoms with van der Waals surface area (Å²) in [5.41, 5.74) is -0.465. The van der Waals surface area contributed by atoms with Crippen molar-refractivity contribution in [1.29, 1.82) is 0 Å². The third-order valence-corrected chi connectivity index (χ3v) is 2.99. The summed E-state index contributed by atoms with van der Waals surface area (Å²) in [7, 11) is 0. The van der Waals surface area contributed by atoms with Crippen molar-refractivity contribution >= 4 is 11.6 Å². The van der Waals surface area contributed by atoms with Crippen molar-refractivity contribution in [1.82, 2.24) is 5.32 Å². The van der Waals surface area contributed by atoms with E-state index >= 15 is 0 Å². The van der Waals surface area contributed by atoms with Crippen LogP contribution in [0.1, 0.15) is 19.4 Å². The summed E-state index contributed by atoms with van der Waals surface area (Å²) in [6.07, 6.45) is 0. The van der Waals surface area contributed by atoms with Crippen LogP contribution in [-0.4, -0.2) is 18.0 Å². The minimum atomic E-state index is -2.87. The molecule has 0 aliphatic rings. The molecule has 0 fully saturated rings. The van der Waals surface area contributed by atoms with E-state index in [0.717, 1.165) is 0 Å². The summed E-state index contributed by atoms with van der Waals surface area (Å²) in [6, 6.07) is 7.78. The number of alkyl halides is 3. The van der Waals surface area contributed by atoms with Crippen molar-refractivity contribution in [3.63, 3.8) is 0 Å². The van der Waals surface area contributed by atoms with Crippen LogP contribution in [0.5, 0.6) is 0 Å². The van der Waals surface area contributed by atoms with Gasteiger partial charge in [0.1, 0.15) is 0 Å². The first-order valence-corrected chi connectivity index (χ1v) is 5.65. The molecule has 1 aromatic carbocycles. The number of hydrogen-bond donors (Lipinski definition) is 1. The van der Waals surface area contributed by atoms with Crippen LogP contribution in [0.2, 0.25) is 0 Å². The summed E-state index contributed by atoms with van der Waals surface area (Å²) in [4.78, 5) is 0. The van der Waals surface area contributed by atoms with Gasteiger partial charge in [-0.15, -0.1) is 11.6 Å². The highest BCUT2D eigenvalue weighted by Gasteiger charge is 2.33. The van der Waals surface area contributed by atoms with E-state index in [1.807, 2.05) is 0 Å². The van der Waals surface area contributed by atoms with Crippen molar-refractivity contribution in [2.24, 2.45) is 0 Å². The minimum Gasteiger partial charge on any atom is -0.305 e. The molecule has 16 heavy (non-hydrogen) atoms. The van der Waals surface area contributed by atoms with E-state index in [4.69, 9.17) is 11.6 Å². The Morgan fingerprint density at radius 3 is 2.25 bits per heavy atom. The van der Waals surface area contributed by atoms with Gasteiger partial charge in [-0.25, -0.2) is 0 Å². The van der Waals surface area contributed by atoms with Gasteiger partial charge in [-0.2, -0.15) is 8.78 Å². The standard InChI is InChI=1S/C12H16ClF2N/c1-11(2,8-13)16-9-12(14,15)10-6-4-3-5-7-10/h3-7,16H,8-9H2,1-2H3. The van der Waals surface area contributed by atoms with E-state index in [0.29, 0.717) is 0 Å². The van der Waals surface area contributed by atoms with Gasteiger partial charge in [-0.3, -0.25) is 0 Å². The molecule has 0 radical (unpaired) electrons. The third-order valence-electron chi connectivity index (χ3n) is 2.32. The second kappa shape index (κ2) is 5.11. The Bertz CT molecular complexity index is 325. The van der Waals surface area contributed by atoms with E-state index in [1.165, 1.54) is 12.1 Å². The van der Waals surface area contributed by atoms with E-state index in [-0.39, 0.29) is 11.4 Å². The smallest absolute Gasteiger partial charge is 0.285 e. The van der Waals surface area contributed by atoms with Gasteiger partial charge in [0.05, 0.1) is 6.54 Å². The summed E-state index contributed by atoms with van der Waals surface area (Å²) in [5.74, 6) is -2.58. The van der Waals surface area contributed by atoms with Crippen LogP contribution in [-0.2, 0) is 5.92 Å². The Hall–Kier alpha value is -0.670. The molecule has 0 aliphatic carbocycles. The molecule has 0 aromatic heterocycles. The van der Waals surface area contributed by atoms with Crippen LogP contribution < -0.4 is 5.32 Å². The molecule has 90 valence electrons. The predicted octanol–water partition coefficient (Wildman–Crippen LogP) is 3.39. The van der Waals surface area contributed by atoms with Gasteiger partial charge >= 0.3 is 0 Å². The molecule has 1 aromatic rings. The van der Waals surface area contributed by atoms with Crippen molar-refractivity contribution in [3.05, 3.63) is 35.9 Å². The average molecular weight is 248 g/mol. The Labute approximate surface area is 99.8 Å². The molecule has 0 amide bonds. The summed E-state index contributed by atoms with van der Waals surface area (Å²) in [5, 5.41) is 2.77. The van der Waals surface area contributed by atoms with E-state index in [1.54, 1.807) is 32.0 Å². The lowest BCUT2D eigenvalue weighted by Crippen LogP contribution is -2.46. The van der Waals surface area contributed by atoms with E-state index < -0.39 is 18.0 Å². The predicted molar refractivity (Wildman–Crippen MR) is 63.1 cm³/mol. The summed E-state index contributed by atoms with van der Waals surface area (Å²) >= 11 is 5.66. The Balaban J connectivity index is 2.66. The van der Waals surface area contributed by atoms with Crippen LogP contribution in [0.3, 0.4) is 0 Å². The minimum absolute atomic E-state index is 0.0212. The summed E-state index contributed by atoms with van der Waals surface area (Å²) < 4.78 is 27.4. The van der Waals surface area contributed by atoms with E-state index in [9.17, 15) is 8.78 Å². The Kier molecular flexibility index (Phi) is 4.28. The number of halogens is 3. The molecule has 4 heteroatoms. The first kappa shape index (κ1) is 13.4. The van der Waals surface area contributed by atoms with Crippen molar-refractivity contribution in [2.75, 3.05) is 12.4 Å². The largest absolute Gasteiger partial charge is 0.305 e. The highest BCUT2D eigenvalue weighted by atomic mass is 35.5. The van der Waals surface area contributed by atoms with E-state index in [2.05, 4.69) is 5.32 Å². The summed E-state index contributed by atoms with van der Waals surface area (Å²) in [6.45, 7) is 3.18. The first-order valence-electron chi connectivity index (χ1n) is 5.12. The molecule has 0 bridgehead atoms. The number of nitrogens with one attached hydrogen (secondary N) is 1. The van der Waals surface area contributed by atoms with Crippen LogP contribution in [0, 0.1) is 0 Å². The molecular weight excluding hydrogens is 232 g/mol. The molecule has 0 aliphatic heterocycles. The highest BCUT2D eigenvalue weighted by molar-refractivity contribution is 6.18. The fourth-order valence-electron chi connectivity index (χ4n) is 1.18. The van der Waals surface area contributed by atoms with Crippen molar-refractivity contribution in [2.45, 2.75) is 25.3 Å². The Morgan fingerprint density at radius 2 is 1.75 bits per heavy atom. The normalized spacial score (nSPS) is 12.8. The van der Waals surface area contributed by atoms with Crippen LogP contribution in [0.25, 0.3) is 0 Å². The van der Waals surface area contributed by atoms with Gasteiger partial charge in [0.15, 0.2) is 0 Å². The molecule has 0 saturated heterocycles. The van der Waals surface area contributed by atoms with Gasteiger partial charge < -0.3 is 5.32 Å². The van der Waals surface area contributed by atoms with Gasteiger partial charge in [-0.05, 0) is 13.8 Å². The molecule has 0 heterocycles. The SMILES string of the molecule is CC(C)(CCl)NCC(F)(F)c1ccccc1. The molecule has 1 rings (SSSR count). The fourth-order valence-corrected chi connectivity index (χ4v) is 1.28. The molecule has 1 N–H and O–H groups in total. The maximum Gasteiger partial charge on any atom is 0.285 e. The van der Waals surface area contributed by atoms with Gasteiger partial charge in [0.25, 0.3) is 5.92 Å².